The molecule has 0 spiro atoms. The van der Waals surface area contributed by atoms with Crippen LogP contribution in [0.25, 0.3) is 0 Å². The molecule has 0 radical (unpaired) electrons. The summed E-state index contributed by atoms with van der Waals surface area (Å²) in [6.45, 7) is 12.1. The van der Waals surface area contributed by atoms with E-state index in [1.807, 2.05) is 46.2 Å². The maximum atomic E-state index is 12.3. The van der Waals surface area contributed by atoms with Crippen LogP contribution in [-0.4, -0.2) is 30.6 Å². The Kier molecular flexibility index (Phi) is 5.77. The second kappa shape index (κ2) is 6.76. The zero-order valence-electron chi connectivity index (χ0n) is 13.9. The highest BCUT2D eigenvalue weighted by Crippen LogP contribution is 2.56. The van der Waals surface area contributed by atoms with Crippen molar-refractivity contribution < 1.29 is 9.53 Å². The first-order valence-corrected chi connectivity index (χ1v) is 9.97. The molecule has 118 valence electrons. The molecule has 0 aliphatic carbocycles. The monoisotopic (exact) mass is 311 g/mol. The highest BCUT2D eigenvalue weighted by Gasteiger charge is 2.42. The summed E-state index contributed by atoms with van der Waals surface area (Å²) in [5, 5.41) is 2.69. The molecule has 0 fully saturated rings. The van der Waals surface area contributed by atoms with E-state index < -0.39 is 12.7 Å². The van der Waals surface area contributed by atoms with E-state index in [2.05, 4.69) is 12.0 Å². The minimum Gasteiger partial charge on any atom is -0.491 e. The van der Waals surface area contributed by atoms with Gasteiger partial charge in [-0.25, -0.2) is 5.09 Å². The average Bonchev–Trinajstić information content (AvgIpc) is 2.37. The first-order chi connectivity index (χ1) is 9.56. The number of amides is 1. The molecule has 0 saturated carbocycles. The molecular weight excluding hydrogens is 283 g/mol. The van der Waals surface area contributed by atoms with Gasteiger partial charge in [0.25, 0.3) is 5.91 Å². The molecule has 1 atom stereocenters. The summed E-state index contributed by atoms with van der Waals surface area (Å²) in [6.07, 6.45) is 1.12. The second-order valence-electron chi connectivity index (χ2n) is 6.41. The zero-order chi connectivity index (χ0) is 16.3. The van der Waals surface area contributed by atoms with Crippen LogP contribution < -0.4 is 15.6 Å². The first kappa shape index (κ1) is 17.9. The SMILES string of the molecule is CCC(C)Oc1ccc(C(=O)N[P+](C)(C)C(C)(C)N)cc1. The molecule has 1 amide bonds. The Balaban J connectivity index is 2.76. The molecule has 0 heterocycles. The topological polar surface area (TPSA) is 64.3 Å². The van der Waals surface area contributed by atoms with Crippen LogP contribution in [0.4, 0.5) is 0 Å². The third kappa shape index (κ3) is 4.98. The standard InChI is InChI=1S/C16H27N2O2P/c1-7-12(2)20-14-10-8-13(9-11-14)15(19)18-21(5,6)16(3,4)17/h8-12H,7,17H2,1-6H3/p+1. The third-order valence-corrected chi connectivity index (χ3v) is 7.49. The van der Waals surface area contributed by atoms with Crippen LogP contribution >= 0.6 is 7.41 Å². The fraction of sp³-hybridized carbons (Fsp3) is 0.562. The molecule has 0 saturated heterocycles. The van der Waals surface area contributed by atoms with Gasteiger partial charge in [0, 0.05) is 5.56 Å². The Labute approximate surface area is 128 Å². The Hall–Kier alpha value is -1.12. The predicted octanol–water partition coefficient (Wildman–Crippen LogP) is 3.48. The summed E-state index contributed by atoms with van der Waals surface area (Å²) in [7, 11) is -1.74. The van der Waals surface area contributed by atoms with Crippen molar-refractivity contribution in [3.63, 3.8) is 0 Å². The maximum Gasteiger partial charge on any atom is 0.282 e. The van der Waals surface area contributed by atoms with Crippen molar-refractivity contribution in [2.45, 2.75) is 45.5 Å². The van der Waals surface area contributed by atoms with Crippen LogP contribution in [0.1, 0.15) is 44.5 Å². The lowest BCUT2D eigenvalue weighted by molar-refractivity contribution is 0.0981. The molecule has 1 aromatic rings. The van der Waals surface area contributed by atoms with Crippen LogP contribution in [0.15, 0.2) is 24.3 Å². The Bertz CT molecular complexity index is 478. The van der Waals surface area contributed by atoms with Gasteiger partial charge >= 0.3 is 0 Å². The number of nitrogens with two attached hydrogens (primary N) is 1. The Morgan fingerprint density at radius 2 is 1.86 bits per heavy atom. The average molecular weight is 311 g/mol. The van der Waals surface area contributed by atoms with Crippen LogP contribution in [-0.2, 0) is 0 Å². The van der Waals surface area contributed by atoms with E-state index in [1.165, 1.54) is 0 Å². The van der Waals surface area contributed by atoms with Crippen LogP contribution in [0.2, 0.25) is 0 Å². The van der Waals surface area contributed by atoms with Gasteiger partial charge in [-0.1, -0.05) is 6.92 Å². The normalized spacial score (nSPS) is 13.7. The van der Waals surface area contributed by atoms with E-state index in [0.29, 0.717) is 5.56 Å². The summed E-state index contributed by atoms with van der Waals surface area (Å²) in [6, 6.07) is 7.24. The van der Waals surface area contributed by atoms with Gasteiger partial charge < -0.3 is 4.74 Å². The smallest absolute Gasteiger partial charge is 0.282 e. The van der Waals surface area contributed by atoms with E-state index in [0.717, 1.165) is 12.2 Å². The number of ether oxygens (including phenoxy) is 1. The van der Waals surface area contributed by atoms with Gasteiger partial charge in [0.05, 0.1) is 19.4 Å². The van der Waals surface area contributed by atoms with Crippen molar-refractivity contribution in [2.24, 2.45) is 5.73 Å². The van der Waals surface area contributed by atoms with Gasteiger partial charge in [0.1, 0.15) is 18.4 Å². The van der Waals surface area contributed by atoms with E-state index in [-0.39, 0.29) is 12.0 Å². The van der Waals surface area contributed by atoms with Crippen molar-refractivity contribution in [3.8, 4) is 5.75 Å². The number of carbonyl (C=O) groups is 1. The largest absolute Gasteiger partial charge is 0.491 e. The molecule has 4 nitrogen and oxygen atoms in total. The summed E-state index contributed by atoms with van der Waals surface area (Å²) in [5.74, 6) is 0.705. The summed E-state index contributed by atoms with van der Waals surface area (Å²) < 4.78 is 5.71. The van der Waals surface area contributed by atoms with Crippen molar-refractivity contribution in [3.05, 3.63) is 29.8 Å². The van der Waals surface area contributed by atoms with E-state index in [9.17, 15) is 4.79 Å². The fourth-order valence-corrected chi connectivity index (χ4v) is 2.39. The highest BCUT2D eigenvalue weighted by atomic mass is 31.2. The maximum absolute atomic E-state index is 12.3. The minimum atomic E-state index is -1.74. The first-order valence-electron chi connectivity index (χ1n) is 7.29. The lowest BCUT2D eigenvalue weighted by atomic mass is 10.2. The van der Waals surface area contributed by atoms with Gasteiger partial charge in [0.15, 0.2) is 0 Å². The van der Waals surface area contributed by atoms with Gasteiger partial charge in [-0.2, -0.15) is 0 Å². The molecular formula is C16H28N2O2P+. The molecule has 1 aromatic carbocycles. The fourth-order valence-electron chi connectivity index (χ4n) is 1.46. The summed E-state index contributed by atoms with van der Waals surface area (Å²) >= 11 is 0. The van der Waals surface area contributed by atoms with Crippen molar-refractivity contribution >= 4 is 13.3 Å². The van der Waals surface area contributed by atoms with Crippen LogP contribution in [0.5, 0.6) is 5.75 Å². The minimum absolute atomic E-state index is 0.0815. The molecule has 0 bridgehead atoms. The number of carbonyl (C=O) groups excluding carboxylic acids is 1. The van der Waals surface area contributed by atoms with Crippen molar-refractivity contribution in [2.75, 3.05) is 13.3 Å². The van der Waals surface area contributed by atoms with Crippen molar-refractivity contribution in [1.82, 2.24) is 5.09 Å². The molecule has 1 rings (SSSR count). The lowest BCUT2D eigenvalue weighted by Crippen LogP contribution is -2.42. The highest BCUT2D eigenvalue weighted by molar-refractivity contribution is 7.74. The molecule has 0 aromatic heterocycles. The van der Waals surface area contributed by atoms with E-state index in [1.54, 1.807) is 12.1 Å². The zero-order valence-corrected chi connectivity index (χ0v) is 14.8. The number of hydrogen-bond acceptors (Lipinski definition) is 3. The molecule has 21 heavy (non-hydrogen) atoms. The van der Waals surface area contributed by atoms with Gasteiger partial charge in [0.2, 0.25) is 0 Å². The van der Waals surface area contributed by atoms with Crippen LogP contribution in [0, 0.1) is 0 Å². The third-order valence-electron chi connectivity index (χ3n) is 3.85. The Morgan fingerprint density at radius 3 is 2.29 bits per heavy atom. The Morgan fingerprint density at radius 1 is 1.33 bits per heavy atom. The van der Waals surface area contributed by atoms with Gasteiger partial charge in [-0.3, -0.25) is 10.5 Å². The molecule has 0 aliphatic rings. The lowest BCUT2D eigenvalue weighted by Gasteiger charge is -2.31. The van der Waals surface area contributed by atoms with Crippen LogP contribution in [0.3, 0.4) is 0 Å². The predicted molar refractivity (Wildman–Crippen MR) is 91.3 cm³/mol. The van der Waals surface area contributed by atoms with Gasteiger partial charge in [-0.05, 0) is 51.5 Å². The number of benzene rings is 1. The van der Waals surface area contributed by atoms with E-state index in [4.69, 9.17) is 10.5 Å². The summed E-state index contributed by atoms with van der Waals surface area (Å²) in [5.41, 5.74) is 6.78. The van der Waals surface area contributed by atoms with E-state index >= 15 is 0 Å². The molecule has 0 aliphatic heterocycles. The quantitative estimate of drug-likeness (QED) is 0.791. The molecule has 3 N–H and O–H groups in total. The number of rotatable bonds is 6. The number of hydrogen-bond donors (Lipinski definition) is 2. The van der Waals surface area contributed by atoms with Crippen molar-refractivity contribution in [1.29, 1.82) is 0 Å². The van der Waals surface area contributed by atoms with Gasteiger partial charge in [-0.15, -0.1) is 0 Å². The second-order valence-corrected chi connectivity index (χ2v) is 10.7. The number of nitrogens with one attached hydrogen (secondary N) is 1. The molecule has 1 unspecified atom stereocenters. The summed E-state index contributed by atoms with van der Waals surface area (Å²) in [4.78, 5) is 12.3. The molecule has 5 heteroatoms.